The van der Waals surface area contributed by atoms with Gasteiger partial charge >= 0.3 is 0 Å². The van der Waals surface area contributed by atoms with E-state index in [-0.39, 0.29) is 0 Å². The summed E-state index contributed by atoms with van der Waals surface area (Å²) in [6, 6.07) is 60.9. The highest BCUT2D eigenvalue weighted by Gasteiger charge is 2.17. The minimum atomic E-state index is 1.12. The summed E-state index contributed by atoms with van der Waals surface area (Å²) in [7, 11) is 0. The van der Waals surface area contributed by atoms with E-state index < -0.39 is 0 Å². The second-order valence-corrected chi connectivity index (χ2v) is 10.6. The second kappa shape index (κ2) is 10.1. The topological polar surface area (TPSA) is 8.17 Å². The molecule has 7 aromatic carbocycles. The number of aromatic nitrogens is 1. The van der Waals surface area contributed by atoms with E-state index in [2.05, 4.69) is 179 Å². The highest BCUT2D eigenvalue weighted by molar-refractivity contribution is 6.10. The van der Waals surface area contributed by atoms with Crippen molar-refractivity contribution in [3.8, 4) is 16.8 Å². The average Bonchev–Trinajstić information content (AvgIpc) is 3.40. The number of benzene rings is 7. The Morgan fingerprint density at radius 3 is 1.86 bits per heavy atom. The normalized spacial score (nSPS) is 11.3. The first-order chi connectivity index (χ1) is 20.8. The lowest BCUT2D eigenvalue weighted by atomic mass is 10.0. The summed E-state index contributed by atoms with van der Waals surface area (Å²) in [4.78, 5) is 2.37. The van der Waals surface area contributed by atoms with Crippen molar-refractivity contribution in [1.82, 2.24) is 4.57 Å². The first-order valence-electron chi connectivity index (χ1n) is 14.4. The summed E-state index contributed by atoms with van der Waals surface area (Å²) in [5.74, 6) is 0. The molecule has 42 heavy (non-hydrogen) atoms. The zero-order valence-corrected chi connectivity index (χ0v) is 23.1. The van der Waals surface area contributed by atoms with E-state index in [0.29, 0.717) is 0 Å². The van der Waals surface area contributed by atoms with Gasteiger partial charge in [0.2, 0.25) is 0 Å². The largest absolute Gasteiger partial charge is 0.310 e. The molecule has 0 aliphatic rings. The van der Waals surface area contributed by atoms with Crippen molar-refractivity contribution in [1.29, 1.82) is 0 Å². The lowest BCUT2D eigenvalue weighted by Gasteiger charge is -2.27. The maximum Gasteiger partial charge on any atom is 0.0547 e. The molecule has 0 saturated heterocycles. The number of hydrogen-bond donors (Lipinski definition) is 0. The van der Waals surface area contributed by atoms with Gasteiger partial charge in [-0.05, 0) is 71.1 Å². The number of rotatable bonds is 5. The van der Waals surface area contributed by atoms with E-state index in [1.807, 2.05) is 0 Å². The van der Waals surface area contributed by atoms with Crippen LogP contribution in [0, 0.1) is 0 Å². The number of nitrogens with zero attached hydrogens (tertiary/aromatic N) is 2. The van der Waals surface area contributed by atoms with Crippen LogP contribution in [0.25, 0.3) is 49.4 Å². The van der Waals surface area contributed by atoms with Crippen LogP contribution in [0.1, 0.15) is 0 Å². The summed E-state index contributed by atoms with van der Waals surface area (Å²) >= 11 is 0. The zero-order chi connectivity index (χ0) is 27.9. The quantitative estimate of drug-likeness (QED) is 0.212. The van der Waals surface area contributed by atoms with Crippen LogP contribution in [0.15, 0.2) is 170 Å². The minimum Gasteiger partial charge on any atom is -0.310 e. The summed E-state index contributed by atoms with van der Waals surface area (Å²) in [5, 5.41) is 4.98. The fraction of sp³-hybridized carbons (Fsp3) is 0. The van der Waals surface area contributed by atoms with Gasteiger partial charge in [0.05, 0.1) is 16.7 Å². The molecule has 1 aromatic heterocycles. The van der Waals surface area contributed by atoms with E-state index in [0.717, 1.165) is 17.1 Å². The van der Waals surface area contributed by atoms with Crippen LogP contribution in [-0.4, -0.2) is 4.57 Å². The smallest absolute Gasteiger partial charge is 0.0547 e. The summed E-state index contributed by atoms with van der Waals surface area (Å²) < 4.78 is 2.38. The summed E-state index contributed by atoms with van der Waals surface area (Å²) in [6.45, 7) is 0. The second-order valence-electron chi connectivity index (χ2n) is 10.6. The fourth-order valence-electron chi connectivity index (χ4n) is 6.24. The van der Waals surface area contributed by atoms with Gasteiger partial charge in [0.1, 0.15) is 0 Å². The van der Waals surface area contributed by atoms with Gasteiger partial charge in [0, 0.05) is 33.2 Å². The summed E-state index contributed by atoms with van der Waals surface area (Å²) in [5.41, 5.74) is 9.38. The first kappa shape index (κ1) is 24.2. The highest BCUT2D eigenvalue weighted by atomic mass is 15.1. The third kappa shape index (κ3) is 4.05. The lowest BCUT2D eigenvalue weighted by molar-refractivity contribution is 1.18. The Kier molecular flexibility index (Phi) is 5.82. The molecule has 2 nitrogen and oxygen atoms in total. The van der Waals surface area contributed by atoms with E-state index in [4.69, 9.17) is 0 Å². The van der Waals surface area contributed by atoms with Gasteiger partial charge in [-0.25, -0.2) is 0 Å². The SMILES string of the molecule is c1ccc(N(c2cccc(-c3ccc4c5ccccc5n(-c5ccccc5)c4c3)c2)c2cccc3ccccc23)cc1. The van der Waals surface area contributed by atoms with Gasteiger partial charge in [-0.3, -0.25) is 0 Å². The molecule has 0 amide bonds. The van der Waals surface area contributed by atoms with Crippen LogP contribution in [0.2, 0.25) is 0 Å². The molecule has 0 aliphatic carbocycles. The summed E-state index contributed by atoms with van der Waals surface area (Å²) in [6.07, 6.45) is 0. The van der Waals surface area contributed by atoms with Gasteiger partial charge < -0.3 is 9.47 Å². The number of anilines is 3. The van der Waals surface area contributed by atoms with Crippen molar-refractivity contribution in [3.63, 3.8) is 0 Å². The fourth-order valence-corrected chi connectivity index (χ4v) is 6.24. The van der Waals surface area contributed by atoms with Crippen LogP contribution < -0.4 is 4.90 Å². The molecule has 0 spiro atoms. The number of fused-ring (bicyclic) bond motifs is 4. The Labute approximate surface area is 245 Å². The van der Waals surface area contributed by atoms with E-state index >= 15 is 0 Å². The van der Waals surface area contributed by atoms with Gasteiger partial charge in [-0.2, -0.15) is 0 Å². The molecule has 8 rings (SSSR count). The van der Waals surface area contributed by atoms with Crippen molar-refractivity contribution in [2.75, 3.05) is 4.90 Å². The third-order valence-corrected chi connectivity index (χ3v) is 8.15. The van der Waals surface area contributed by atoms with Gasteiger partial charge in [-0.1, -0.05) is 115 Å². The number of hydrogen-bond acceptors (Lipinski definition) is 1. The van der Waals surface area contributed by atoms with Crippen LogP contribution >= 0.6 is 0 Å². The molecule has 8 aromatic rings. The molecule has 0 saturated carbocycles. The maximum absolute atomic E-state index is 2.38. The Bertz CT molecular complexity index is 2190. The monoisotopic (exact) mass is 536 g/mol. The van der Waals surface area contributed by atoms with Crippen molar-refractivity contribution in [2.45, 2.75) is 0 Å². The maximum atomic E-state index is 2.38. The third-order valence-electron chi connectivity index (χ3n) is 8.15. The van der Waals surface area contributed by atoms with Crippen molar-refractivity contribution >= 4 is 49.6 Å². The molecule has 0 fully saturated rings. The van der Waals surface area contributed by atoms with E-state index in [9.17, 15) is 0 Å². The molecule has 0 aliphatic heterocycles. The van der Waals surface area contributed by atoms with Crippen molar-refractivity contribution in [2.24, 2.45) is 0 Å². The zero-order valence-electron chi connectivity index (χ0n) is 23.1. The average molecular weight is 537 g/mol. The predicted molar refractivity (Wildman–Crippen MR) is 178 cm³/mol. The van der Waals surface area contributed by atoms with E-state index in [1.165, 1.54) is 49.4 Å². The molecule has 0 radical (unpaired) electrons. The standard InChI is InChI=1S/C40H28N2/c1-3-16-32(17-4-1)41(38-24-12-14-29-13-7-8-21-35(29)38)34-20-11-15-30(27-34)31-25-26-37-36-22-9-10-23-39(36)42(40(37)28-31)33-18-5-2-6-19-33/h1-28H. The van der Waals surface area contributed by atoms with Gasteiger partial charge in [0.15, 0.2) is 0 Å². The minimum absolute atomic E-state index is 1.12. The molecule has 0 bridgehead atoms. The first-order valence-corrected chi connectivity index (χ1v) is 14.4. The Morgan fingerprint density at radius 2 is 1.00 bits per heavy atom. The Hall–Kier alpha value is -5.60. The van der Waals surface area contributed by atoms with Crippen LogP contribution in [0.5, 0.6) is 0 Å². The molecular formula is C40H28N2. The van der Waals surface area contributed by atoms with Gasteiger partial charge in [0.25, 0.3) is 0 Å². The molecule has 0 atom stereocenters. The molecular weight excluding hydrogens is 508 g/mol. The van der Waals surface area contributed by atoms with Crippen molar-refractivity contribution in [3.05, 3.63) is 170 Å². The molecule has 0 N–H and O–H groups in total. The van der Waals surface area contributed by atoms with Crippen molar-refractivity contribution < 1.29 is 0 Å². The molecule has 1 heterocycles. The molecule has 2 heteroatoms. The molecule has 198 valence electrons. The predicted octanol–water partition coefficient (Wildman–Crippen LogP) is 11.1. The number of para-hydroxylation sites is 3. The Balaban J connectivity index is 1.32. The van der Waals surface area contributed by atoms with Crippen LogP contribution in [-0.2, 0) is 0 Å². The Morgan fingerprint density at radius 1 is 0.381 bits per heavy atom. The lowest BCUT2D eigenvalue weighted by Crippen LogP contribution is -2.10. The van der Waals surface area contributed by atoms with Crippen LogP contribution in [0.3, 0.4) is 0 Å². The molecule has 0 unspecified atom stereocenters. The van der Waals surface area contributed by atoms with Gasteiger partial charge in [-0.15, -0.1) is 0 Å². The van der Waals surface area contributed by atoms with Crippen LogP contribution in [0.4, 0.5) is 17.1 Å². The van der Waals surface area contributed by atoms with E-state index in [1.54, 1.807) is 0 Å². The highest BCUT2D eigenvalue weighted by Crippen LogP contribution is 2.41.